The first-order chi connectivity index (χ1) is 19.3. The largest absolute Gasteiger partial charge is 0.208 e. The molecule has 3 nitrogen and oxygen atoms in total. The summed E-state index contributed by atoms with van der Waals surface area (Å²) >= 11 is 1.80. The second kappa shape index (κ2) is 8.83. The molecule has 0 radical (unpaired) electrons. The molecule has 0 fully saturated rings. The molecule has 0 atom stereocenters. The van der Waals surface area contributed by atoms with Gasteiger partial charge in [-0.25, -0.2) is 15.0 Å². The molecular weight excluding hydrogens is 494 g/mol. The number of fused-ring (bicyclic) bond motifs is 6. The van der Waals surface area contributed by atoms with Crippen LogP contribution >= 0.6 is 11.3 Å². The van der Waals surface area contributed by atoms with Gasteiger partial charge in [-0.2, -0.15) is 0 Å². The van der Waals surface area contributed by atoms with Crippen molar-refractivity contribution in [3.8, 4) is 34.2 Å². The molecule has 2 heterocycles. The first kappa shape index (κ1) is 22.1. The van der Waals surface area contributed by atoms with Crippen LogP contribution in [0.1, 0.15) is 0 Å². The fraction of sp³-hybridized carbons (Fsp3) is 0. The van der Waals surface area contributed by atoms with Crippen molar-refractivity contribution >= 4 is 53.1 Å². The minimum Gasteiger partial charge on any atom is -0.208 e. The number of thiophene rings is 1. The van der Waals surface area contributed by atoms with Crippen LogP contribution in [0.25, 0.3) is 75.9 Å². The van der Waals surface area contributed by atoms with E-state index in [1.807, 2.05) is 18.2 Å². The summed E-state index contributed by atoms with van der Waals surface area (Å²) in [6.45, 7) is 0. The molecule has 0 spiro atoms. The van der Waals surface area contributed by atoms with Crippen molar-refractivity contribution in [3.63, 3.8) is 0 Å². The van der Waals surface area contributed by atoms with Gasteiger partial charge in [0.2, 0.25) is 0 Å². The van der Waals surface area contributed by atoms with Gasteiger partial charge in [-0.1, -0.05) is 109 Å². The third-order valence-electron chi connectivity index (χ3n) is 7.32. The van der Waals surface area contributed by atoms with Crippen LogP contribution in [0, 0.1) is 0 Å². The number of nitrogens with zero attached hydrogens (tertiary/aromatic N) is 3. The highest BCUT2D eigenvalue weighted by molar-refractivity contribution is 7.25. The van der Waals surface area contributed by atoms with Crippen LogP contribution in [0.15, 0.2) is 127 Å². The van der Waals surface area contributed by atoms with Crippen LogP contribution in [0.5, 0.6) is 0 Å². The Morgan fingerprint density at radius 1 is 0.410 bits per heavy atom. The lowest BCUT2D eigenvalue weighted by atomic mass is 9.97. The number of benzene rings is 6. The Labute approximate surface area is 229 Å². The van der Waals surface area contributed by atoms with Gasteiger partial charge in [0.1, 0.15) is 0 Å². The zero-order chi connectivity index (χ0) is 25.8. The van der Waals surface area contributed by atoms with Crippen molar-refractivity contribution in [1.29, 1.82) is 0 Å². The Morgan fingerprint density at radius 2 is 1.03 bits per heavy atom. The number of aromatic nitrogens is 3. The summed E-state index contributed by atoms with van der Waals surface area (Å²) in [6, 6.07) is 44.4. The lowest BCUT2D eigenvalue weighted by molar-refractivity contribution is 1.08. The third-order valence-corrected chi connectivity index (χ3v) is 8.46. The minimum atomic E-state index is 0.671. The predicted octanol–water partition coefficient (Wildman–Crippen LogP) is 9.55. The third kappa shape index (κ3) is 3.61. The fourth-order valence-electron chi connectivity index (χ4n) is 5.53. The lowest BCUT2D eigenvalue weighted by Gasteiger charge is -2.13. The first-order valence-corrected chi connectivity index (χ1v) is 13.8. The van der Waals surface area contributed by atoms with Gasteiger partial charge >= 0.3 is 0 Å². The van der Waals surface area contributed by atoms with Crippen molar-refractivity contribution < 1.29 is 0 Å². The van der Waals surface area contributed by atoms with E-state index in [0.717, 1.165) is 22.1 Å². The fourth-order valence-corrected chi connectivity index (χ4v) is 6.67. The summed E-state index contributed by atoms with van der Waals surface area (Å²) in [5.74, 6) is 2.03. The Morgan fingerprint density at radius 3 is 1.87 bits per heavy atom. The molecule has 0 unspecified atom stereocenters. The van der Waals surface area contributed by atoms with Crippen molar-refractivity contribution in [2.75, 3.05) is 0 Å². The molecule has 0 amide bonds. The van der Waals surface area contributed by atoms with E-state index in [9.17, 15) is 0 Å². The average Bonchev–Trinajstić information content (AvgIpc) is 3.40. The van der Waals surface area contributed by atoms with Gasteiger partial charge < -0.3 is 0 Å². The van der Waals surface area contributed by atoms with Crippen molar-refractivity contribution in [1.82, 2.24) is 15.0 Å². The first-order valence-electron chi connectivity index (χ1n) is 13.0. The SMILES string of the molecule is c1ccc(-c2nc(-c3cc4ccccc4c4ccccc34)nc(-c3cccc4sc5ccccc5c34)n2)cc1. The summed E-state index contributed by atoms with van der Waals surface area (Å²) in [5.41, 5.74) is 3.00. The van der Waals surface area contributed by atoms with Crippen LogP contribution in [0.4, 0.5) is 0 Å². The zero-order valence-electron chi connectivity index (χ0n) is 20.9. The molecular formula is C35H21N3S. The minimum absolute atomic E-state index is 0.671. The highest BCUT2D eigenvalue weighted by Crippen LogP contribution is 2.40. The number of hydrogen-bond acceptors (Lipinski definition) is 4. The maximum atomic E-state index is 5.18. The molecule has 0 N–H and O–H groups in total. The quantitative estimate of drug-likeness (QED) is 0.220. The number of rotatable bonds is 3. The molecule has 0 aliphatic carbocycles. The summed E-state index contributed by atoms with van der Waals surface area (Å²) in [7, 11) is 0. The normalized spacial score (nSPS) is 11.6. The van der Waals surface area contributed by atoms with Crippen molar-refractivity contribution in [2.45, 2.75) is 0 Å². The van der Waals surface area contributed by atoms with Crippen LogP contribution in [-0.2, 0) is 0 Å². The van der Waals surface area contributed by atoms with E-state index in [1.54, 1.807) is 11.3 Å². The Hall–Kier alpha value is -4.93. The molecule has 8 aromatic rings. The van der Waals surface area contributed by atoms with E-state index in [1.165, 1.54) is 36.3 Å². The molecule has 0 bridgehead atoms. The molecule has 6 aromatic carbocycles. The Balaban J connectivity index is 1.47. The summed E-state index contributed by atoms with van der Waals surface area (Å²) < 4.78 is 2.49. The molecule has 0 saturated carbocycles. The molecule has 0 saturated heterocycles. The monoisotopic (exact) mass is 515 g/mol. The maximum absolute atomic E-state index is 5.18. The predicted molar refractivity (Wildman–Crippen MR) is 164 cm³/mol. The zero-order valence-corrected chi connectivity index (χ0v) is 21.7. The van der Waals surface area contributed by atoms with E-state index < -0.39 is 0 Å². The standard InChI is InChI=1S/C35H21N3S/c1-2-11-22(12-3-1)33-36-34(28-18-10-20-31-32(28)27-17-8-9-19-30(27)39-31)38-35(37-33)29-21-23-13-4-5-14-24(23)25-15-6-7-16-26(25)29/h1-21H. The van der Waals surface area contributed by atoms with Gasteiger partial charge in [0.15, 0.2) is 17.5 Å². The molecule has 8 rings (SSSR count). The van der Waals surface area contributed by atoms with Gasteiger partial charge in [0.05, 0.1) is 0 Å². The lowest BCUT2D eigenvalue weighted by Crippen LogP contribution is -2.01. The molecule has 39 heavy (non-hydrogen) atoms. The van der Waals surface area contributed by atoms with E-state index in [4.69, 9.17) is 15.0 Å². The van der Waals surface area contributed by atoms with E-state index in [2.05, 4.69) is 109 Å². The van der Waals surface area contributed by atoms with Crippen molar-refractivity contribution in [3.05, 3.63) is 127 Å². The van der Waals surface area contributed by atoms with Crippen LogP contribution in [-0.4, -0.2) is 15.0 Å². The Kier molecular flexibility index (Phi) is 5.00. The van der Waals surface area contributed by atoms with Gasteiger partial charge in [-0.15, -0.1) is 11.3 Å². The smallest absolute Gasteiger partial charge is 0.164 e. The molecule has 4 heteroatoms. The second-order valence-electron chi connectivity index (χ2n) is 9.64. The topological polar surface area (TPSA) is 38.7 Å². The maximum Gasteiger partial charge on any atom is 0.164 e. The summed E-state index contributed by atoms with van der Waals surface area (Å²) in [6.07, 6.45) is 0. The molecule has 182 valence electrons. The highest BCUT2D eigenvalue weighted by atomic mass is 32.1. The Bertz CT molecular complexity index is 2180. The van der Waals surface area contributed by atoms with Gasteiger partial charge in [0, 0.05) is 36.9 Å². The van der Waals surface area contributed by atoms with Crippen LogP contribution in [0.2, 0.25) is 0 Å². The summed E-state index contributed by atoms with van der Waals surface area (Å²) in [5, 5.41) is 7.14. The van der Waals surface area contributed by atoms with E-state index >= 15 is 0 Å². The van der Waals surface area contributed by atoms with Gasteiger partial charge in [0.25, 0.3) is 0 Å². The molecule has 0 aliphatic rings. The van der Waals surface area contributed by atoms with Crippen molar-refractivity contribution in [2.24, 2.45) is 0 Å². The van der Waals surface area contributed by atoms with Gasteiger partial charge in [-0.3, -0.25) is 0 Å². The van der Waals surface area contributed by atoms with Gasteiger partial charge in [-0.05, 0) is 39.7 Å². The number of hydrogen-bond donors (Lipinski definition) is 0. The second-order valence-corrected chi connectivity index (χ2v) is 10.7. The highest BCUT2D eigenvalue weighted by Gasteiger charge is 2.18. The summed E-state index contributed by atoms with van der Waals surface area (Å²) in [4.78, 5) is 15.3. The van der Waals surface area contributed by atoms with Crippen LogP contribution in [0.3, 0.4) is 0 Å². The molecule has 2 aromatic heterocycles. The average molecular weight is 516 g/mol. The van der Waals surface area contributed by atoms with E-state index in [-0.39, 0.29) is 0 Å². The van der Waals surface area contributed by atoms with Crippen LogP contribution < -0.4 is 0 Å². The van der Waals surface area contributed by atoms with E-state index in [0.29, 0.717) is 17.5 Å². The molecule has 0 aliphatic heterocycles.